The van der Waals surface area contributed by atoms with Crippen LogP contribution in [0.15, 0.2) is 24.3 Å². The summed E-state index contributed by atoms with van der Waals surface area (Å²) in [4.78, 5) is 37.6. The Morgan fingerprint density at radius 3 is 0.909 bits per heavy atom. The van der Waals surface area contributed by atoms with Gasteiger partial charge in [0, 0.05) is 19.3 Å². The smallest absolute Gasteiger partial charge is 0.306 e. The Hall–Kier alpha value is -2.11. The molecule has 0 N–H and O–H groups in total. The van der Waals surface area contributed by atoms with E-state index in [9.17, 15) is 14.4 Å². The van der Waals surface area contributed by atoms with Gasteiger partial charge in [0.05, 0.1) is 0 Å². The van der Waals surface area contributed by atoms with Crippen LogP contribution in [0.3, 0.4) is 0 Å². The van der Waals surface area contributed by atoms with Crippen molar-refractivity contribution in [2.45, 2.75) is 258 Å². The topological polar surface area (TPSA) is 78.9 Å². The molecule has 0 bridgehead atoms. The summed E-state index contributed by atoms with van der Waals surface area (Å²) in [6.07, 6.45) is 48.8. The van der Waals surface area contributed by atoms with E-state index in [4.69, 9.17) is 14.2 Å². The Labute approximate surface area is 341 Å². The highest BCUT2D eigenvalue weighted by Crippen LogP contribution is 2.14. The number of allylic oxidation sites excluding steroid dienone is 4. The summed E-state index contributed by atoms with van der Waals surface area (Å²) in [5.74, 6) is -0.893. The average molecular weight is 776 g/mol. The Morgan fingerprint density at radius 1 is 0.345 bits per heavy atom. The molecule has 0 aromatic rings. The molecular formula is C49H90O6. The lowest BCUT2D eigenvalue weighted by atomic mass is 10.1. The number of esters is 3. The van der Waals surface area contributed by atoms with Crippen molar-refractivity contribution in [1.29, 1.82) is 0 Å². The Balaban J connectivity index is 4.26. The summed E-state index contributed by atoms with van der Waals surface area (Å²) < 4.78 is 16.7. The molecule has 0 atom stereocenters. The van der Waals surface area contributed by atoms with Gasteiger partial charge in [0.2, 0.25) is 0 Å². The van der Waals surface area contributed by atoms with Crippen molar-refractivity contribution in [2.75, 3.05) is 13.2 Å². The number of rotatable bonds is 43. The zero-order valence-corrected chi connectivity index (χ0v) is 36.7. The fourth-order valence-corrected chi connectivity index (χ4v) is 6.78. The summed E-state index contributed by atoms with van der Waals surface area (Å²) in [5, 5.41) is 0. The molecule has 0 fully saturated rings. The molecule has 6 nitrogen and oxygen atoms in total. The molecule has 0 aromatic carbocycles. The van der Waals surface area contributed by atoms with Crippen molar-refractivity contribution in [3.05, 3.63) is 24.3 Å². The van der Waals surface area contributed by atoms with Crippen molar-refractivity contribution >= 4 is 17.9 Å². The van der Waals surface area contributed by atoms with Gasteiger partial charge in [-0.1, -0.05) is 186 Å². The first-order valence-corrected chi connectivity index (χ1v) is 23.8. The van der Waals surface area contributed by atoms with Gasteiger partial charge in [-0.2, -0.15) is 0 Å². The van der Waals surface area contributed by atoms with Crippen LogP contribution in [0.2, 0.25) is 0 Å². The van der Waals surface area contributed by atoms with Gasteiger partial charge in [-0.25, -0.2) is 0 Å². The first-order valence-electron chi connectivity index (χ1n) is 23.8. The molecule has 0 unspecified atom stereocenters. The highest BCUT2D eigenvalue weighted by Gasteiger charge is 2.19. The largest absolute Gasteiger partial charge is 0.462 e. The van der Waals surface area contributed by atoms with Crippen LogP contribution in [0.4, 0.5) is 0 Å². The lowest BCUT2D eigenvalue weighted by Gasteiger charge is -2.18. The van der Waals surface area contributed by atoms with E-state index in [1.807, 2.05) is 0 Å². The number of hydrogen-bond donors (Lipinski definition) is 0. The van der Waals surface area contributed by atoms with Crippen molar-refractivity contribution in [3.63, 3.8) is 0 Å². The minimum atomic E-state index is -0.770. The van der Waals surface area contributed by atoms with Crippen molar-refractivity contribution < 1.29 is 28.6 Å². The molecule has 0 heterocycles. The van der Waals surface area contributed by atoms with E-state index in [1.54, 1.807) is 0 Å². The second kappa shape index (κ2) is 44.6. The Kier molecular flexibility index (Phi) is 42.9. The second-order valence-corrected chi connectivity index (χ2v) is 16.0. The van der Waals surface area contributed by atoms with Crippen LogP contribution in [-0.4, -0.2) is 37.2 Å². The van der Waals surface area contributed by atoms with Gasteiger partial charge in [0.15, 0.2) is 6.10 Å². The molecule has 0 aliphatic carbocycles. The number of ether oxygens (including phenoxy) is 3. The van der Waals surface area contributed by atoms with E-state index in [0.717, 1.165) is 70.6 Å². The third-order valence-corrected chi connectivity index (χ3v) is 10.4. The maximum atomic E-state index is 12.6. The van der Waals surface area contributed by atoms with Gasteiger partial charge in [0.1, 0.15) is 13.2 Å². The second-order valence-electron chi connectivity index (χ2n) is 16.0. The first-order chi connectivity index (χ1) is 27.0. The predicted molar refractivity (Wildman–Crippen MR) is 233 cm³/mol. The monoisotopic (exact) mass is 776 g/mol. The highest BCUT2D eigenvalue weighted by atomic mass is 16.7. The molecule has 0 saturated carbocycles. The molecule has 0 aliphatic heterocycles. The third kappa shape index (κ3) is 42.9. The molecule has 0 radical (unpaired) electrons. The molecular weight excluding hydrogens is 686 g/mol. The fourth-order valence-electron chi connectivity index (χ4n) is 6.78. The van der Waals surface area contributed by atoms with Gasteiger partial charge < -0.3 is 14.2 Å². The molecule has 322 valence electrons. The third-order valence-electron chi connectivity index (χ3n) is 10.4. The minimum absolute atomic E-state index is 0.0760. The Bertz CT molecular complexity index is 840. The quantitative estimate of drug-likeness (QED) is 0.0202. The zero-order chi connectivity index (χ0) is 40.1. The molecule has 6 heteroatoms. The van der Waals surface area contributed by atoms with Gasteiger partial charge in [0.25, 0.3) is 0 Å². The van der Waals surface area contributed by atoms with E-state index in [2.05, 4.69) is 45.1 Å². The summed E-state index contributed by atoms with van der Waals surface area (Å²) in [6.45, 7) is 6.58. The zero-order valence-electron chi connectivity index (χ0n) is 36.7. The normalized spacial score (nSPS) is 11.6. The molecule has 0 saturated heterocycles. The van der Waals surface area contributed by atoms with E-state index >= 15 is 0 Å². The van der Waals surface area contributed by atoms with Gasteiger partial charge >= 0.3 is 17.9 Å². The lowest BCUT2D eigenvalue weighted by molar-refractivity contribution is -0.167. The minimum Gasteiger partial charge on any atom is -0.462 e. The average Bonchev–Trinajstić information content (AvgIpc) is 3.18. The van der Waals surface area contributed by atoms with Gasteiger partial charge in [-0.05, 0) is 70.6 Å². The first kappa shape index (κ1) is 52.9. The number of unbranched alkanes of at least 4 members (excludes halogenated alkanes) is 28. The number of carbonyl (C=O) groups is 3. The number of carbonyl (C=O) groups excluding carboxylic acids is 3. The molecule has 0 spiro atoms. The van der Waals surface area contributed by atoms with Crippen LogP contribution in [0.1, 0.15) is 252 Å². The molecule has 55 heavy (non-hydrogen) atoms. The van der Waals surface area contributed by atoms with Crippen LogP contribution in [0.25, 0.3) is 0 Å². The maximum absolute atomic E-state index is 12.6. The Morgan fingerprint density at radius 2 is 0.600 bits per heavy atom. The van der Waals surface area contributed by atoms with E-state index < -0.39 is 6.10 Å². The lowest BCUT2D eigenvalue weighted by Crippen LogP contribution is -2.30. The van der Waals surface area contributed by atoms with Gasteiger partial charge in [-0.15, -0.1) is 0 Å². The fraction of sp³-hybridized carbons (Fsp3) is 0.857. The summed E-state index contributed by atoms with van der Waals surface area (Å²) >= 11 is 0. The molecule has 0 aliphatic rings. The summed E-state index contributed by atoms with van der Waals surface area (Å²) in [7, 11) is 0. The van der Waals surface area contributed by atoms with E-state index in [0.29, 0.717) is 19.3 Å². The molecule has 0 rings (SSSR count). The predicted octanol–water partition coefficient (Wildman–Crippen LogP) is 15.2. The molecule has 0 amide bonds. The SMILES string of the molecule is CCCCCCCC/C=C\CCCCCCCC(=O)OCC(COC(=O)CCCCCCC/C=C\CCCCCCCC)O[13C](=O)CCCCCCCCC. The van der Waals surface area contributed by atoms with Crippen molar-refractivity contribution in [3.8, 4) is 0 Å². The van der Waals surface area contributed by atoms with Crippen molar-refractivity contribution in [2.24, 2.45) is 0 Å². The standard InChI is InChI=1S/C49H90O6/c1-4-7-10-13-16-18-20-22-24-26-28-30-33-35-38-41-47(50)53-44-46(55-49(52)43-40-37-32-15-12-9-6-3)45-54-48(51)42-39-36-34-31-29-27-25-23-21-19-17-14-11-8-5-2/h22-25,46H,4-21,26-45H2,1-3H3/b24-22-,25-23-/i49+1. The van der Waals surface area contributed by atoms with Crippen LogP contribution in [0, 0.1) is 0 Å². The summed E-state index contributed by atoms with van der Waals surface area (Å²) in [6, 6.07) is 0. The highest BCUT2D eigenvalue weighted by molar-refractivity contribution is 5.71. The van der Waals surface area contributed by atoms with Crippen LogP contribution in [-0.2, 0) is 28.6 Å². The van der Waals surface area contributed by atoms with Crippen LogP contribution < -0.4 is 0 Å². The maximum Gasteiger partial charge on any atom is 0.306 e. The van der Waals surface area contributed by atoms with Crippen molar-refractivity contribution in [1.82, 2.24) is 0 Å². The van der Waals surface area contributed by atoms with E-state index in [-0.39, 0.29) is 31.1 Å². The van der Waals surface area contributed by atoms with Gasteiger partial charge in [-0.3, -0.25) is 14.4 Å². The van der Waals surface area contributed by atoms with Crippen LogP contribution >= 0.6 is 0 Å². The van der Waals surface area contributed by atoms with Crippen LogP contribution in [0.5, 0.6) is 0 Å². The summed E-state index contributed by atoms with van der Waals surface area (Å²) in [5.41, 5.74) is 0. The van der Waals surface area contributed by atoms with E-state index in [1.165, 1.54) is 141 Å². The molecule has 0 aromatic heterocycles. The number of hydrogen-bond acceptors (Lipinski definition) is 6.